The Morgan fingerprint density at radius 2 is 2.16 bits per heavy atom. The average molecular weight is 436 g/mol. The molecular weight excluding hydrogens is 414 g/mol. The normalized spacial score (nSPS) is 16.5. The lowest BCUT2D eigenvalue weighted by Crippen LogP contribution is -2.29. The number of ether oxygens (including phenoxy) is 1. The lowest BCUT2D eigenvalue weighted by molar-refractivity contribution is 0.301. The maximum atomic E-state index is 6.54. The molecule has 0 radical (unpaired) electrons. The smallest absolute Gasteiger partial charge is 0.153 e. The van der Waals surface area contributed by atoms with E-state index in [4.69, 9.17) is 27.1 Å². The van der Waals surface area contributed by atoms with Crippen LogP contribution in [0.25, 0.3) is 16.8 Å². The first-order chi connectivity index (χ1) is 15.2. The fourth-order valence-corrected chi connectivity index (χ4v) is 4.15. The molecule has 4 heterocycles. The van der Waals surface area contributed by atoms with E-state index in [-0.39, 0.29) is 5.92 Å². The van der Waals surface area contributed by atoms with Crippen molar-refractivity contribution in [2.45, 2.75) is 25.4 Å². The summed E-state index contributed by atoms with van der Waals surface area (Å²) in [5.41, 5.74) is 9.31. The number of halogens is 1. The highest BCUT2D eigenvalue weighted by atomic mass is 35.5. The van der Waals surface area contributed by atoms with E-state index in [0.29, 0.717) is 28.7 Å². The highest BCUT2D eigenvalue weighted by Crippen LogP contribution is 2.35. The molecule has 0 bridgehead atoms. The van der Waals surface area contributed by atoms with Gasteiger partial charge in [0.2, 0.25) is 0 Å². The number of benzene rings is 1. The van der Waals surface area contributed by atoms with E-state index in [2.05, 4.69) is 20.4 Å². The van der Waals surface area contributed by atoms with Crippen molar-refractivity contribution in [3.05, 3.63) is 65.5 Å². The maximum Gasteiger partial charge on any atom is 0.153 e. The third-order valence-electron chi connectivity index (χ3n) is 5.46. The number of fused-ring (bicyclic) bond motifs is 1. The maximum absolute atomic E-state index is 6.54. The molecule has 31 heavy (non-hydrogen) atoms. The molecule has 9 heteroatoms. The topological polar surface area (TPSA) is 103 Å². The van der Waals surface area contributed by atoms with Crippen molar-refractivity contribution >= 4 is 22.9 Å². The van der Waals surface area contributed by atoms with Crippen LogP contribution in [0.2, 0.25) is 5.02 Å². The standard InChI is InChI=1S/C22H22ClN7O/c23-17-10-14(6-7-18(17)31-12-16-5-1-2-9-26-16)19-20-21(24)27-13-28-30(20)22(29-19)15-4-3-8-25-11-15/h1-2,5-7,9-10,13,15,25H,3-4,8,11-12H2,(H2,24,27,28)/t15-/m1/s1. The Morgan fingerprint density at radius 3 is 2.94 bits per heavy atom. The van der Waals surface area contributed by atoms with Gasteiger partial charge in [-0.25, -0.2) is 14.5 Å². The van der Waals surface area contributed by atoms with Gasteiger partial charge in [0, 0.05) is 24.2 Å². The van der Waals surface area contributed by atoms with Gasteiger partial charge in [-0.2, -0.15) is 5.10 Å². The predicted octanol–water partition coefficient (Wildman–Crippen LogP) is 3.47. The van der Waals surface area contributed by atoms with E-state index in [1.807, 2.05) is 40.9 Å². The highest BCUT2D eigenvalue weighted by Gasteiger charge is 2.25. The molecule has 1 aliphatic heterocycles. The number of nitrogens with one attached hydrogen (secondary N) is 1. The fourth-order valence-electron chi connectivity index (χ4n) is 3.92. The van der Waals surface area contributed by atoms with E-state index < -0.39 is 0 Å². The lowest BCUT2D eigenvalue weighted by atomic mass is 9.99. The second kappa shape index (κ2) is 8.49. The minimum absolute atomic E-state index is 0.265. The summed E-state index contributed by atoms with van der Waals surface area (Å²) in [4.78, 5) is 13.4. The minimum Gasteiger partial charge on any atom is -0.486 e. The van der Waals surface area contributed by atoms with Gasteiger partial charge >= 0.3 is 0 Å². The van der Waals surface area contributed by atoms with Crippen LogP contribution in [0, 0.1) is 0 Å². The quantitative estimate of drug-likeness (QED) is 0.494. The zero-order valence-corrected chi connectivity index (χ0v) is 17.6. The number of nitrogens with two attached hydrogens (primary N) is 1. The number of anilines is 1. The van der Waals surface area contributed by atoms with E-state index in [0.717, 1.165) is 48.7 Å². The summed E-state index contributed by atoms with van der Waals surface area (Å²) in [6.45, 7) is 2.23. The zero-order chi connectivity index (χ0) is 21.2. The second-order valence-corrected chi connectivity index (χ2v) is 7.93. The molecule has 1 aromatic carbocycles. The van der Waals surface area contributed by atoms with E-state index >= 15 is 0 Å². The third-order valence-corrected chi connectivity index (χ3v) is 5.75. The third kappa shape index (κ3) is 3.92. The molecule has 8 nitrogen and oxygen atoms in total. The Hall–Kier alpha value is -3.23. The van der Waals surface area contributed by atoms with Crippen LogP contribution >= 0.6 is 11.6 Å². The van der Waals surface area contributed by atoms with Crippen LogP contribution in [-0.4, -0.2) is 37.7 Å². The van der Waals surface area contributed by atoms with Crippen LogP contribution in [0.1, 0.15) is 30.3 Å². The molecule has 1 fully saturated rings. The van der Waals surface area contributed by atoms with Crippen molar-refractivity contribution in [3.63, 3.8) is 0 Å². The molecule has 1 aliphatic rings. The molecule has 0 saturated carbocycles. The molecule has 3 N–H and O–H groups in total. The molecule has 158 valence electrons. The zero-order valence-electron chi connectivity index (χ0n) is 16.8. The Bertz CT molecular complexity index is 1210. The first kappa shape index (κ1) is 19.7. The van der Waals surface area contributed by atoms with Gasteiger partial charge in [-0.1, -0.05) is 17.7 Å². The van der Waals surface area contributed by atoms with Gasteiger partial charge < -0.3 is 15.8 Å². The fraction of sp³-hybridized carbons (Fsp3) is 0.273. The first-order valence-electron chi connectivity index (χ1n) is 10.2. The summed E-state index contributed by atoms with van der Waals surface area (Å²) in [5.74, 6) is 2.12. The van der Waals surface area contributed by atoms with Crippen LogP contribution in [0.15, 0.2) is 48.9 Å². The number of imidazole rings is 1. The van der Waals surface area contributed by atoms with Crippen LogP contribution in [0.4, 0.5) is 5.82 Å². The molecule has 1 atom stereocenters. The molecule has 0 spiro atoms. The van der Waals surface area contributed by atoms with Gasteiger partial charge in [0.25, 0.3) is 0 Å². The SMILES string of the molecule is Nc1ncnn2c([C@@H]3CCCNC3)nc(-c3ccc(OCc4ccccn4)c(Cl)c3)c12. The number of rotatable bonds is 5. The van der Waals surface area contributed by atoms with Crippen molar-refractivity contribution in [2.24, 2.45) is 0 Å². The van der Waals surface area contributed by atoms with Gasteiger partial charge in [0.05, 0.1) is 10.7 Å². The van der Waals surface area contributed by atoms with Gasteiger partial charge in [-0.05, 0) is 49.7 Å². The van der Waals surface area contributed by atoms with E-state index in [1.54, 1.807) is 6.20 Å². The van der Waals surface area contributed by atoms with E-state index in [1.165, 1.54) is 6.33 Å². The van der Waals surface area contributed by atoms with Gasteiger partial charge in [0.1, 0.15) is 35.7 Å². The summed E-state index contributed by atoms with van der Waals surface area (Å²) in [7, 11) is 0. The summed E-state index contributed by atoms with van der Waals surface area (Å²) in [6.07, 6.45) is 5.36. The molecular formula is C22H22ClN7O. The number of nitrogen functional groups attached to an aromatic ring is 1. The summed E-state index contributed by atoms with van der Waals surface area (Å²) in [6, 6.07) is 11.3. The molecule has 5 rings (SSSR count). The molecule has 0 amide bonds. The average Bonchev–Trinajstić information content (AvgIpc) is 3.21. The molecule has 1 saturated heterocycles. The van der Waals surface area contributed by atoms with Crippen molar-refractivity contribution in [1.82, 2.24) is 29.9 Å². The van der Waals surface area contributed by atoms with Gasteiger partial charge in [0.15, 0.2) is 5.82 Å². The van der Waals surface area contributed by atoms with Crippen molar-refractivity contribution in [1.29, 1.82) is 0 Å². The van der Waals surface area contributed by atoms with Crippen molar-refractivity contribution < 1.29 is 4.74 Å². The monoisotopic (exact) mass is 435 g/mol. The highest BCUT2D eigenvalue weighted by molar-refractivity contribution is 6.32. The molecule has 0 aliphatic carbocycles. The minimum atomic E-state index is 0.265. The Morgan fingerprint density at radius 1 is 1.23 bits per heavy atom. The molecule has 4 aromatic rings. The second-order valence-electron chi connectivity index (χ2n) is 7.52. The Labute approximate surface area is 184 Å². The van der Waals surface area contributed by atoms with Crippen molar-refractivity contribution in [3.8, 4) is 17.0 Å². The van der Waals surface area contributed by atoms with Crippen LogP contribution in [-0.2, 0) is 6.61 Å². The number of aromatic nitrogens is 5. The number of pyridine rings is 1. The number of nitrogens with zero attached hydrogens (tertiary/aromatic N) is 5. The van der Waals surface area contributed by atoms with Crippen LogP contribution in [0.5, 0.6) is 5.75 Å². The predicted molar refractivity (Wildman–Crippen MR) is 119 cm³/mol. The van der Waals surface area contributed by atoms with E-state index in [9.17, 15) is 0 Å². The molecule has 3 aromatic heterocycles. The lowest BCUT2D eigenvalue weighted by Gasteiger charge is -2.21. The summed E-state index contributed by atoms with van der Waals surface area (Å²) >= 11 is 6.54. The Balaban J connectivity index is 1.49. The summed E-state index contributed by atoms with van der Waals surface area (Å²) < 4.78 is 7.66. The van der Waals surface area contributed by atoms with Crippen molar-refractivity contribution in [2.75, 3.05) is 18.8 Å². The first-order valence-corrected chi connectivity index (χ1v) is 10.6. The van der Waals surface area contributed by atoms with Gasteiger partial charge in [-0.3, -0.25) is 4.98 Å². The number of piperidine rings is 1. The molecule has 0 unspecified atom stereocenters. The van der Waals surface area contributed by atoms with Crippen LogP contribution in [0.3, 0.4) is 0 Å². The summed E-state index contributed by atoms with van der Waals surface area (Å²) in [5, 5.41) is 8.36. The van der Waals surface area contributed by atoms with Gasteiger partial charge in [-0.15, -0.1) is 0 Å². The largest absolute Gasteiger partial charge is 0.486 e. The Kier molecular flexibility index (Phi) is 5.40. The number of hydrogen-bond acceptors (Lipinski definition) is 7. The van der Waals surface area contributed by atoms with Crippen LogP contribution < -0.4 is 15.8 Å². The number of hydrogen-bond donors (Lipinski definition) is 2.